The average Bonchev–Trinajstić information content (AvgIpc) is 2.84. The van der Waals surface area contributed by atoms with Crippen molar-refractivity contribution in [2.24, 2.45) is 0 Å². The minimum absolute atomic E-state index is 0.0585. The second kappa shape index (κ2) is 4.55. The predicted octanol–water partition coefficient (Wildman–Crippen LogP) is 0.936. The second-order valence-electron chi connectivity index (χ2n) is 4.33. The molecule has 2 aromatic heterocycles. The number of aryl methyl sites for hydroxylation is 1. The summed E-state index contributed by atoms with van der Waals surface area (Å²) in [6.07, 6.45) is 2.01. The molecule has 1 fully saturated rings. The number of aromatic nitrogens is 3. The first-order valence-corrected chi connectivity index (χ1v) is 6.01. The van der Waals surface area contributed by atoms with Gasteiger partial charge < -0.3 is 19.8 Å². The summed E-state index contributed by atoms with van der Waals surface area (Å²) in [6, 6.07) is 0.385. The molecule has 0 aliphatic carbocycles. The third kappa shape index (κ3) is 1.83. The molecule has 18 heavy (non-hydrogen) atoms. The molecule has 1 saturated heterocycles. The van der Waals surface area contributed by atoms with Gasteiger partial charge in [-0.05, 0) is 6.92 Å². The zero-order chi connectivity index (χ0) is 12.5. The molecular weight excluding hydrogens is 232 g/mol. The van der Waals surface area contributed by atoms with Crippen LogP contribution in [0.2, 0.25) is 0 Å². The van der Waals surface area contributed by atoms with E-state index >= 15 is 0 Å². The number of hydrogen-bond donors (Lipinski definition) is 2. The van der Waals surface area contributed by atoms with Gasteiger partial charge in [0.1, 0.15) is 5.65 Å². The van der Waals surface area contributed by atoms with Gasteiger partial charge in [-0.25, -0.2) is 0 Å². The van der Waals surface area contributed by atoms with Crippen LogP contribution in [0, 0.1) is 6.92 Å². The van der Waals surface area contributed by atoms with Crippen molar-refractivity contribution in [1.29, 1.82) is 0 Å². The average molecular weight is 248 g/mol. The Labute approximate surface area is 105 Å². The number of H-pyrrole nitrogens is 1. The Bertz CT molecular complexity index is 560. The number of morpholine rings is 1. The van der Waals surface area contributed by atoms with Crippen LogP contribution in [0.3, 0.4) is 0 Å². The summed E-state index contributed by atoms with van der Waals surface area (Å²) in [5.41, 5.74) is 2.81. The molecule has 6 nitrogen and oxygen atoms in total. The first kappa shape index (κ1) is 11.4. The number of aromatic amines is 1. The standard InChI is InChI=1S/C12H16N4O2/c1-7-10-8(9-6-13-3-4-18-9)5-14-11(10)16-12(15-7)17-2/h5,9,13H,3-4,6H2,1-2H3,(H,14,15,16). The van der Waals surface area contributed by atoms with Gasteiger partial charge in [-0.1, -0.05) is 0 Å². The van der Waals surface area contributed by atoms with Crippen LogP contribution in [0.15, 0.2) is 6.20 Å². The molecule has 96 valence electrons. The minimum Gasteiger partial charge on any atom is -0.467 e. The summed E-state index contributed by atoms with van der Waals surface area (Å²) in [4.78, 5) is 11.8. The van der Waals surface area contributed by atoms with Crippen LogP contribution in [0.25, 0.3) is 11.0 Å². The van der Waals surface area contributed by atoms with Gasteiger partial charge in [-0.3, -0.25) is 0 Å². The summed E-state index contributed by atoms with van der Waals surface area (Å²) in [5.74, 6) is 0. The molecule has 0 amide bonds. The van der Waals surface area contributed by atoms with Crippen molar-refractivity contribution in [1.82, 2.24) is 20.3 Å². The van der Waals surface area contributed by atoms with Crippen LogP contribution in [-0.2, 0) is 4.74 Å². The lowest BCUT2D eigenvalue weighted by atomic mass is 10.1. The maximum Gasteiger partial charge on any atom is 0.318 e. The zero-order valence-corrected chi connectivity index (χ0v) is 10.5. The van der Waals surface area contributed by atoms with E-state index in [0.717, 1.165) is 42.0 Å². The van der Waals surface area contributed by atoms with Gasteiger partial charge in [0.25, 0.3) is 0 Å². The molecule has 2 aromatic rings. The van der Waals surface area contributed by atoms with E-state index < -0.39 is 0 Å². The second-order valence-corrected chi connectivity index (χ2v) is 4.33. The monoisotopic (exact) mass is 248 g/mol. The van der Waals surface area contributed by atoms with Gasteiger partial charge in [0, 0.05) is 30.2 Å². The van der Waals surface area contributed by atoms with Gasteiger partial charge in [-0.15, -0.1) is 0 Å². The van der Waals surface area contributed by atoms with E-state index in [9.17, 15) is 0 Å². The summed E-state index contributed by atoms with van der Waals surface area (Å²) in [7, 11) is 1.57. The van der Waals surface area contributed by atoms with Crippen molar-refractivity contribution in [3.05, 3.63) is 17.5 Å². The Morgan fingerprint density at radius 3 is 3.06 bits per heavy atom. The summed E-state index contributed by atoms with van der Waals surface area (Å²) in [5, 5.41) is 4.36. The minimum atomic E-state index is 0.0585. The van der Waals surface area contributed by atoms with E-state index in [1.165, 1.54) is 0 Å². The Kier molecular flexibility index (Phi) is 2.89. The molecule has 0 saturated carbocycles. The highest BCUT2D eigenvalue weighted by molar-refractivity contribution is 5.82. The molecule has 3 rings (SSSR count). The van der Waals surface area contributed by atoms with Crippen LogP contribution in [0.1, 0.15) is 17.4 Å². The Hall–Kier alpha value is -1.66. The Morgan fingerprint density at radius 2 is 2.33 bits per heavy atom. The molecule has 3 heterocycles. The van der Waals surface area contributed by atoms with E-state index in [-0.39, 0.29) is 6.10 Å². The van der Waals surface area contributed by atoms with Crippen molar-refractivity contribution >= 4 is 11.0 Å². The lowest BCUT2D eigenvalue weighted by Gasteiger charge is -2.23. The number of fused-ring (bicyclic) bond motifs is 1. The van der Waals surface area contributed by atoms with Gasteiger partial charge in [0.05, 0.1) is 25.5 Å². The smallest absolute Gasteiger partial charge is 0.318 e. The molecule has 1 aliphatic rings. The number of methoxy groups -OCH3 is 1. The number of nitrogens with one attached hydrogen (secondary N) is 2. The highest BCUT2D eigenvalue weighted by Crippen LogP contribution is 2.29. The summed E-state index contributed by atoms with van der Waals surface area (Å²) < 4.78 is 10.8. The quantitative estimate of drug-likeness (QED) is 0.827. The Morgan fingerprint density at radius 1 is 1.44 bits per heavy atom. The molecule has 0 radical (unpaired) electrons. The van der Waals surface area contributed by atoms with E-state index in [2.05, 4.69) is 20.3 Å². The molecule has 6 heteroatoms. The lowest BCUT2D eigenvalue weighted by Crippen LogP contribution is -2.33. The van der Waals surface area contributed by atoms with Crippen molar-refractivity contribution in [3.63, 3.8) is 0 Å². The molecule has 1 unspecified atom stereocenters. The van der Waals surface area contributed by atoms with Gasteiger partial charge in [-0.2, -0.15) is 9.97 Å². The van der Waals surface area contributed by atoms with Crippen LogP contribution < -0.4 is 10.1 Å². The van der Waals surface area contributed by atoms with Crippen LogP contribution in [-0.4, -0.2) is 41.8 Å². The third-order valence-corrected chi connectivity index (χ3v) is 3.18. The van der Waals surface area contributed by atoms with Gasteiger partial charge in [0.2, 0.25) is 0 Å². The highest BCUT2D eigenvalue weighted by atomic mass is 16.5. The normalized spacial score (nSPS) is 20.2. The molecular formula is C12H16N4O2. The van der Waals surface area contributed by atoms with Crippen molar-refractivity contribution in [3.8, 4) is 6.01 Å². The van der Waals surface area contributed by atoms with Crippen molar-refractivity contribution in [2.75, 3.05) is 26.8 Å². The van der Waals surface area contributed by atoms with E-state index in [1.54, 1.807) is 7.11 Å². The lowest BCUT2D eigenvalue weighted by molar-refractivity contribution is 0.0286. The number of ether oxygens (including phenoxy) is 2. The Balaban J connectivity index is 2.07. The molecule has 1 aliphatic heterocycles. The van der Waals surface area contributed by atoms with E-state index in [1.807, 2.05) is 13.1 Å². The molecule has 0 bridgehead atoms. The van der Waals surface area contributed by atoms with E-state index in [4.69, 9.17) is 9.47 Å². The summed E-state index contributed by atoms with van der Waals surface area (Å²) >= 11 is 0. The maximum absolute atomic E-state index is 5.77. The van der Waals surface area contributed by atoms with Crippen LogP contribution >= 0.6 is 0 Å². The molecule has 0 spiro atoms. The number of hydrogen-bond acceptors (Lipinski definition) is 5. The molecule has 2 N–H and O–H groups in total. The molecule has 1 atom stereocenters. The fraction of sp³-hybridized carbons (Fsp3) is 0.500. The van der Waals surface area contributed by atoms with Crippen molar-refractivity contribution < 1.29 is 9.47 Å². The fourth-order valence-corrected chi connectivity index (χ4v) is 2.33. The fourth-order valence-electron chi connectivity index (χ4n) is 2.33. The first-order valence-electron chi connectivity index (χ1n) is 6.01. The third-order valence-electron chi connectivity index (χ3n) is 3.18. The zero-order valence-electron chi connectivity index (χ0n) is 10.5. The van der Waals surface area contributed by atoms with Gasteiger partial charge in [0.15, 0.2) is 0 Å². The van der Waals surface area contributed by atoms with E-state index in [0.29, 0.717) is 6.01 Å². The van der Waals surface area contributed by atoms with Gasteiger partial charge >= 0.3 is 6.01 Å². The predicted molar refractivity (Wildman–Crippen MR) is 66.7 cm³/mol. The first-order chi connectivity index (χ1) is 8.79. The summed E-state index contributed by atoms with van der Waals surface area (Å²) in [6.45, 7) is 4.41. The van der Waals surface area contributed by atoms with Crippen LogP contribution in [0.4, 0.5) is 0 Å². The largest absolute Gasteiger partial charge is 0.467 e. The molecule has 0 aromatic carbocycles. The highest BCUT2D eigenvalue weighted by Gasteiger charge is 2.21. The van der Waals surface area contributed by atoms with Crippen LogP contribution in [0.5, 0.6) is 6.01 Å². The number of nitrogens with zero attached hydrogens (tertiary/aromatic N) is 2. The number of rotatable bonds is 2. The maximum atomic E-state index is 5.77. The topological polar surface area (TPSA) is 72.1 Å². The van der Waals surface area contributed by atoms with Crippen molar-refractivity contribution in [2.45, 2.75) is 13.0 Å². The SMILES string of the molecule is COc1nc(C)c2c(C3CNCCO3)c[nH]c2n1.